The fourth-order valence-corrected chi connectivity index (χ4v) is 3.05. The van der Waals surface area contributed by atoms with Crippen LogP contribution in [0.15, 0.2) is 29.2 Å². The number of aliphatic hydroxyl groups is 1. The summed E-state index contributed by atoms with van der Waals surface area (Å²) in [5.41, 5.74) is 4.09. The Bertz CT molecular complexity index is 227. The highest BCUT2D eigenvalue weighted by molar-refractivity contribution is 6.83. The number of hydrogen-bond acceptors (Lipinski definition) is 1. The molecule has 12 heavy (non-hydrogen) atoms. The van der Waals surface area contributed by atoms with E-state index in [1.165, 1.54) is 5.20 Å². The molecular formula is C10H18OSi. The van der Waals surface area contributed by atoms with Gasteiger partial charge in [0.1, 0.15) is 0 Å². The van der Waals surface area contributed by atoms with Gasteiger partial charge in [0, 0.05) is 0 Å². The zero-order chi connectivity index (χ0) is 9.78. The minimum absolute atomic E-state index is 0.0987. The number of allylic oxidation sites excluding steroid dienone is 2. The molecule has 0 aliphatic carbocycles. The van der Waals surface area contributed by atoms with Gasteiger partial charge in [0.2, 0.25) is 0 Å². The average Bonchev–Trinajstić information content (AvgIpc) is 1.85. The average molecular weight is 182 g/mol. The summed E-state index contributed by atoms with van der Waals surface area (Å²) < 4.78 is 0. The molecule has 0 aromatic rings. The van der Waals surface area contributed by atoms with Gasteiger partial charge in [0.05, 0.1) is 14.7 Å². The lowest BCUT2D eigenvalue weighted by molar-refractivity contribution is 0.342. The summed E-state index contributed by atoms with van der Waals surface area (Å²) >= 11 is 0. The molecule has 0 atom stereocenters. The van der Waals surface area contributed by atoms with Gasteiger partial charge in [-0.3, -0.25) is 0 Å². The molecule has 0 aromatic heterocycles. The molecule has 0 fully saturated rings. The lowest BCUT2D eigenvalue weighted by Gasteiger charge is -2.19. The lowest BCUT2D eigenvalue weighted by Crippen LogP contribution is -2.24. The maximum atomic E-state index is 8.72. The van der Waals surface area contributed by atoms with E-state index in [0.717, 1.165) is 5.57 Å². The summed E-state index contributed by atoms with van der Waals surface area (Å²) in [6.07, 6.45) is 1.81. The van der Waals surface area contributed by atoms with Crippen LogP contribution in [-0.4, -0.2) is 19.8 Å². The third-order valence-electron chi connectivity index (χ3n) is 1.72. The topological polar surface area (TPSA) is 20.2 Å². The van der Waals surface area contributed by atoms with Crippen molar-refractivity contribution in [3.63, 3.8) is 0 Å². The largest absolute Gasteiger partial charge is 0.392 e. The van der Waals surface area contributed by atoms with Crippen LogP contribution in [0.4, 0.5) is 0 Å². The van der Waals surface area contributed by atoms with Gasteiger partial charge in [-0.25, -0.2) is 0 Å². The number of rotatable bonds is 3. The number of aliphatic hydroxyl groups excluding tert-OH is 1. The summed E-state index contributed by atoms with van der Waals surface area (Å²) in [6, 6.07) is 0. The maximum absolute atomic E-state index is 8.72. The summed E-state index contributed by atoms with van der Waals surface area (Å²) in [5.74, 6) is 0. The third kappa shape index (κ3) is 3.22. The predicted molar refractivity (Wildman–Crippen MR) is 56.8 cm³/mol. The standard InChI is InChI=1S/C10H18OSi/c1-6-10(12(3,4)5)9(2)7-8-11/h7,11H,1,8H2,2-5H3/b9-7+. The molecule has 0 saturated carbocycles. The minimum Gasteiger partial charge on any atom is -0.392 e. The Morgan fingerprint density at radius 2 is 2.00 bits per heavy atom. The van der Waals surface area contributed by atoms with Crippen molar-refractivity contribution in [1.29, 1.82) is 0 Å². The summed E-state index contributed by atoms with van der Waals surface area (Å²) in [6.45, 7) is 12.5. The Hall–Kier alpha value is -0.563. The van der Waals surface area contributed by atoms with Crippen molar-refractivity contribution in [3.05, 3.63) is 29.2 Å². The maximum Gasteiger partial charge on any atom is 0.0878 e. The Morgan fingerprint density at radius 1 is 1.50 bits per heavy atom. The van der Waals surface area contributed by atoms with Crippen LogP contribution < -0.4 is 0 Å². The van der Waals surface area contributed by atoms with E-state index in [1.807, 2.05) is 13.0 Å². The van der Waals surface area contributed by atoms with Gasteiger partial charge in [-0.15, -0.1) is 5.73 Å². The first-order valence-electron chi connectivity index (χ1n) is 4.12. The molecule has 0 heterocycles. The molecular weight excluding hydrogens is 164 g/mol. The van der Waals surface area contributed by atoms with E-state index in [9.17, 15) is 0 Å². The quantitative estimate of drug-likeness (QED) is 0.404. The minimum atomic E-state index is -1.32. The van der Waals surface area contributed by atoms with Crippen molar-refractivity contribution in [1.82, 2.24) is 0 Å². The lowest BCUT2D eigenvalue weighted by atomic mass is 10.3. The van der Waals surface area contributed by atoms with Crippen molar-refractivity contribution in [2.75, 3.05) is 6.61 Å². The van der Waals surface area contributed by atoms with Crippen LogP contribution in [0.25, 0.3) is 0 Å². The van der Waals surface area contributed by atoms with Crippen LogP contribution in [0, 0.1) is 0 Å². The van der Waals surface area contributed by atoms with Crippen molar-refractivity contribution in [2.45, 2.75) is 26.6 Å². The van der Waals surface area contributed by atoms with Gasteiger partial charge < -0.3 is 5.11 Å². The molecule has 1 N–H and O–H groups in total. The van der Waals surface area contributed by atoms with Crippen LogP contribution in [0.3, 0.4) is 0 Å². The number of hydrogen-bond donors (Lipinski definition) is 1. The molecule has 0 aliphatic rings. The van der Waals surface area contributed by atoms with E-state index < -0.39 is 8.07 Å². The van der Waals surface area contributed by atoms with Gasteiger partial charge in [-0.1, -0.05) is 32.3 Å². The van der Waals surface area contributed by atoms with Crippen LogP contribution >= 0.6 is 0 Å². The molecule has 0 amide bonds. The summed E-state index contributed by atoms with van der Waals surface area (Å²) in [4.78, 5) is 0. The molecule has 1 nitrogen and oxygen atoms in total. The van der Waals surface area contributed by atoms with Gasteiger partial charge in [0.25, 0.3) is 0 Å². The fraction of sp³-hybridized carbons (Fsp3) is 0.500. The molecule has 0 aliphatic heterocycles. The molecule has 2 heteroatoms. The van der Waals surface area contributed by atoms with Gasteiger partial charge in [-0.2, -0.15) is 0 Å². The van der Waals surface area contributed by atoms with Crippen LogP contribution in [0.5, 0.6) is 0 Å². The van der Waals surface area contributed by atoms with E-state index in [-0.39, 0.29) is 6.61 Å². The van der Waals surface area contributed by atoms with Crippen LogP contribution in [0.1, 0.15) is 6.92 Å². The molecule has 0 spiro atoms. The van der Waals surface area contributed by atoms with Gasteiger partial charge >= 0.3 is 0 Å². The first kappa shape index (κ1) is 11.4. The summed E-state index contributed by atoms with van der Waals surface area (Å²) in [7, 11) is -1.32. The van der Waals surface area contributed by atoms with E-state index >= 15 is 0 Å². The van der Waals surface area contributed by atoms with E-state index in [0.29, 0.717) is 0 Å². The molecule has 0 unspecified atom stereocenters. The molecule has 0 aromatic carbocycles. The zero-order valence-corrected chi connectivity index (χ0v) is 9.44. The van der Waals surface area contributed by atoms with Crippen LogP contribution in [-0.2, 0) is 0 Å². The van der Waals surface area contributed by atoms with E-state index in [2.05, 4.69) is 32.0 Å². The Morgan fingerprint density at radius 3 is 2.25 bits per heavy atom. The highest BCUT2D eigenvalue weighted by atomic mass is 28.3. The monoisotopic (exact) mass is 182 g/mol. The van der Waals surface area contributed by atoms with Gasteiger partial charge in [-0.05, 0) is 17.7 Å². The van der Waals surface area contributed by atoms with Crippen LogP contribution in [0.2, 0.25) is 19.6 Å². The van der Waals surface area contributed by atoms with Gasteiger partial charge in [0.15, 0.2) is 0 Å². The highest BCUT2D eigenvalue weighted by Gasteiger charge is 2.19. The smallest absolute Gasteiger partial charge is 0.0878 e. The molecule has 0 saturated heterocycles. The molecule has 0 rings (SSSR count). The van der Waals surface area contributed by atoms with Crippen molar-refractivity contribution in [3.8, 4) is 0 Å². The second-order valence-corrected chi connectivity index (χ2v) is 8.87. The van der Waals surface area contributed by atoms with E-state index in [4.69, 9.17) is 5.11 Å². The van der Waals surface area contributed by atoms with Crippen molar-refractivity contribution >= 4 is 8.07 Å². The third-order valence-corrected chi connectivity index (χ3v) is 3.79. The fourth-order valence-electron chi connectivity index (χ4n) is 1.24. The normalized spacial score (nSPS) is 12.6. The highest BCUT2D eigenvalue weighted by Crippen LogP contribution is 2.20. The van der Waals surface area contributed by atoms with Crippen molar-refractivity contribution < 1.29 is 5.11 Å². The Balaban J connectivity index is 4.85. The molecule has 68 valence electrons. The summed E-state index contributed by atoms with van der Waals surface area (Å²) in [5, 5.41) is 9.93. The molecule has 0 radical (unpaired) electrons. The van der Waals surface area contributed by atoms with E-state index in [1.54, 1.807) is 0 Å². The van der Waals surface area contributed by atoms with Crippen molar-refractivity contribution in [2.24, 2.45) is 0 Å². The Labute approximate surface area is 76.1 Å². The molecule has 0 bridgehead atoms. The predicted octanol–water partition coefficient (Wildman–Crippen LogP) is 2.51. The Kier molecular flexibility index (Phi) is 4.25. The zero-order valence-electron chi connectivity index (χ0n) is 8.44. The SMILES string of the molecule is C=C=C(/C(C)=C/CO)[Si](C)(C)C. The first-order valence-corrected chi connectivity index (χ1v) is 7.62. The first-order chi connectivity index (χ1) is 5.43. The second kappa shape index (κ2) is 4.46. The second-order valence-electron chi connectivity index (χ2n) is 3.87.